The second-order valence-electron chi connectivity index (χ2n) is 6.21. The summed E-state index contributed by atoms with van der Waals surface area (Å²) < 4.78 is 0. The third kappa shape index (κ3) is 7.60. The number of hydrogen-bond acceptors (Lipinski definition) is 3. The fourth-order valence-electron chi connectivity index (χ4n) is 3.07. The van der Waals surface area contributed by atoms with E-state index in [1.54, 1.807) is 0 Å². The molecule has 4 N–H and O–H groups in total. The van der Waals surface area contributed by atoms with E-state index >= 15 is 0 Å². The molecule has 0 spiro atoms. The number of likely N-dealkylation sites (N-methyl/N-ethyl adjacent to an activating group) is 1. The zero-order valence-corrected chi connectivity index (χ0v) is 17.5. The number of rotatable bonds is 7. The Hall–Kier alpha value is -1.35. The van der Waals surface area contributed by atoms with Gasteiger partial charge in [-0.15, -0.1) is 24.0 Å². The van der Waals surface area contributed by atoms with Gasteiger partial charge < -0.3 is 16.4 Å². The summed E-state index contributed by atoms with van der Waals surface area (Å²) in [5.41, 5.74) is 7.96. The molecule has 1 atom stereocenters. The molecule has 1 amide bonds. The highest BCUT2D eigenvalue weighted by Crippen LogP contribution is 2.16. The van der Waals surface area contributed by atoms with Crippen molar-refractivity contribution < 1.29 is 4.79 Å². The molecule has 1 aliphatic rings. The first-order valence-corrected chi connectivity index (χ1v) is 8.73. The molecule has 140 valence electrons. The first kappa shape index (κ1) is 21.7. The number of nitrogens with zero attached hydrogens (tertiary/aromatic N) is 2. The van der Waals surface area contributed by atoms with Crippen LogP contribution in [0.4, 0.5) is 5.69 Å². The molecule has 1 unspecified atom stereocenters. The van der Waals surface area contributed by atoms with Gasteiger partial charge in [-0.1, -0.05) is 19.1 Å². The van der Waals surface area contributed by atoms with E-state index in [2.05, 4.69) is 27.4 Å². The van der Waals surface area contributed by atoms with Crippen LogP contribution in [0.15, 0.2) is 29.3 Å². The third-order valence-corrected chi connectivity index (χ3v) is 4.37. The number of guanidine groups is 1. The summed E-state index contributed by atoms with van der Waals surface area (Å²) >= 11 is 0. The molecule has 6 nitrogen and oxygen atoms in total. The molecular formula is C18H30IN5O. The summed E-state index contributed by atoms with van der Waals surface area (Å²) in [6.45, 7) is 7.49. The van der Waals surface area contributed by atoms with Gasteiger partial charge in [0.1, 0.15) is 0 Å². The van der Waals surface area contributed by atoms with Crippen LogP contribution in [0.3, 0.4) is 0 Å². The Balaban J connectivity index is 0.00000312. The van der Waals surface area contributed by atoms with Crippen molar-refractivity contribution in [3.63, 3.8) is 0 Å². The number of amides is 1. The van der Waals surface area contributed by atoms with E-state index in [4.69, 9.17) is 5.73 Å². The minimum Gasteiger partial charge on any atom is -0.370 e. The lowest BCUT2D eigenvalue weighted by Gasteiger charge is -2.20. The van der Waals surface area contributed by atoms with Gasteiger partial charge in [-0.2, -0.15) is 0 Å². The first-order valence-electron chi connectivity index (χ1n) is 8.73. The zero-order chi connectivity index (χ0) is 17.4. The highest BCUT2D eigenvalue weighted by atomic mass is 127. The van der Waals surface area contributed by atoms with Crippen LogP contribution in [0, 0.1) is 0 Å². The summed E-state index contributed by atoms with van der Waals surface area (Å²) in [4.78, 5) is 17.9. The molecule has 0 radical (unpaired) electrons. The van der Waals surface area contributed by atoms with Crippen LogP contribution < -0.4 is 16.4 Å². The summed E-state index contributed by atoms with van der Waals surface area (Å²) in [5, 5.41) is 5.93. The van der Waals surface area contributed by atoms with E-state index < -0.39 is 0 Å². The first-order chi connectivity index (χ1) is 11.6. The van der Waals surface area contributed by atoms with Gasteiger partial charge in [-0.3, -0.25) is 14.7 Å². The minimum absolute atomic E-state index is 0. The second kappa shape index (κ2) is 11.3. The number of anilines is 1. The monoisotopic (exact) mass is 459 g/mol. The topological polar surface area (TPSA) is 82.8 Å². The number of likely N-dealkylation sites (tertiary alicyclic amines) is 1. The molecule has 0 saturated carbocycles. The fraction of sp³-hybridized carbons (Fsp3) is 0.556. The molecule has 0 bridgehead atoms. The normalized spacial score (nSPS) is 17.8. The summed E-state index contributed by atoms with van der Waals surface area (Å²) in [6.07, 6.45) is 3.34. The lowest BCUT2D eigenvalue weighted by Crippen LogP contribution is -2.36. The number of carbonyl (C=O) groups is 1. The summed E-state index contributed by atoms with van der Waals surface area (Å²) in [5.74, 6) is 0.463. The molecule has 0 aromatic heterocycles. The third-order valence-electron chi connectivity index (χ3n) is 4.37. The lowest BCUT2D eigenvalue weighted by molar-refractivity contribution is -0.114. The van der Waals surface area contributed by atoms with E-state index in [0.717, 1.165) is 31.7 Å². The van der Waals surface area contributed by atoms with Crippen LogP contribution in [-0.2, 0) is 11.2 Å². The van der Waals surface area contributed by atoms with Crippen molar-refractivity contribution in [1.82, 2.24) is 10.2 Å². The van der Waals surface area contributed by atoms with E-state index in [1.165, 1.54) is 31.9 Å². The predicted molar refractivity (Wildman–Crippen MR) is 115 cm³/mol. The maximum atomic E-state index is 11.0. The van der Waals surface area contributed by atoms with Crippen molar-refractivity contribution in [2.45, 2.75) is 39.2 Å². The Morgan fingerprint density at radius 3 is 2.72 bits per heavy atom. The molecule has 1 saturated heterocycles. The van der Waals surface area contributed by atoms with E-state index in [0.29, 0.717) is 12.0 Å². The Labute approximate surface area is 167 Å². The van der Waals surface area contributed by atoms with E-state index in [9.17, 15) is 4.79 Å². The highest BCUT2D eigenvalue weighted by molar-refractivity contribution is 14.0. The number of hydrogen-bond donors (Lipinski definition) is 3. The number of benzene rings is 1. The van der Waals surface area contributed by atoms with Crippen LogP contribution >= 0.6 is 24.0 Å². The van der Waals surface area contributed by atoms with Crippen LogP contribution in [0.1, 0.15) is 32.3 Å². The lowest BCUT2D eigenvalue weighted by atomic mass is 10.1. The van der Waals surface area contributed by atoms with Gasteiger partial charge in [-0.05, 0) is 50.0 Å². The Bertz CT molecular complexity index is 561. The van der Waals surface area contributed by atoms with E-state index in [1.807, 2.05) is 24.3 Å². The zero-order valence-electron chi connectivity index (χ0n) is 15.1. The Kier molecular flexibility index (Phi) is 9.81. The van der Waals surface area contributed by atoms with Crippen molar-refractivity contribution in [1.29, 1.82) is 0 Å². The molecule has 7 heteroatoms. The van der Waals surface area contributed by atoms with Crippen molar-refractivity contribution in [3.05, 3.63) is 29.8 Å². The maximum absolute atomic E-state index is 11.0. The van der Waals surface area contributed by atoms with E-state index in [-0.39, 0.29) is 29.9 Å². The van der Waals surface area contributed by atoms with Crippen molar-refractivity contribution in [2.75, 3.05) is 31.5 Å². The Morgan fingerprint density at radius 1 is 1.36 bits per heavy atom. The quantitative estimate of drug-likeness (QED) is 0.332. The van der Waals surface area contributed by atoms with Gasteiger partial charge in [0, 0.05) is 25.2 Å². The smallest absolute Gasteiger partial charge is 0.221 e. The summed E-state index contributed by atoms with van der Waals surface area (Å²) in [7, 11) is 0. The van der Waals surface area contributed by atoms with Crippen LogP contribution in [0.5, 0.6) is 0 Å². The highest BCUT2D eigenvalue weighted by Gasteiger charge is 2.22. The van der Waals surface area contributed by atoms with Crippen molar-refractivity contribution in [3.8, 4) is 0 Å². The van der Waals surface area contributed by atoms with Crippen LogP contribution in [-0.4, -0.2) is 49.0 Å². The van der Waals surface area contributed by atoms with Gasteiger partial charge in [0.15, 0.2) is 5.96 Å². The van der Waals surface area contributed by atoms with Gasteiger partial charge in [0.25, 0.3) is 0 Å². The number of nitrogens with two attached hydrogens (primary N) is 1. The maximum Gasteiger partial charge on any atom is 0.221 e. The summed E-state index contributed by atoms with van der Waals surface area (Å²) in [6, 6.07) is 8.38. The van der Waals surface area contributed by atoms with Gasteiger partial charge in [-0.25, -0.2) is 0 Å². The molecule has 25 heavy (non-hydrogen) atoms. The van der Waals surface area contributed by atoms with Crippen LogP contribution in [0.25, 0.3) is 0 Å². The van der Waals surface area contributed by atoms with Crippen LogP contribution in [0.2, 0.25) is 0 Å². The van der Waals surface area contributed by atoms with Gasteiger partial charge in [0.2, 0.25) is 5.91 Å². The molecule has 1 aliphatic heterocycles. The molecule has 2 rings (SSSR count). The molecule has 1 aromatic rings. The Morgan fingerprint density at radius 2 is 2.08 bits per heavy atom. The molecule has 1 fully saturated rings. The largest absolute Gasteiger partial charge is 0.370 e. The van der Waals surface area contributed by atoms with Gasteiger partial charge >= 0.3 is 0 Å². The SMILES string of the molecule is CCN1CCCC1CN=C(N)NCCc1ccc(NC(C)=O)cc1.I. The second-order valence-corrected chi connectivity index (χ2v) is 6.21. The van der Waals surface area contributed by atoms with Crippen molar-refractivity contribution in [2.24, 2.45) is 10.7 Å². The standard InChI is InChI=1S/C18H29N5O.HI/c1-3-23-12-4-5-17(23)13-21-18(19)20-11-10-15-6-8-16(9-7-15)22-14(2)24;/h6-9,17H,3-5,10-13H2,1-2H3,(H,22,24)(H3,19,20,21);1H. The number of carbonyl (C=O) groups excluding carboxylic acids is 1. The van der Waals surface area contributed by atoms with Crippen molar-refractivity contribution >= 4 is 41.5 Å². The average molecular weight is 459 g/mol. The fourth-order valence-corrected chi connectivity index (χ4v) is 3.07. The van der Waals surface area contributed by atoms with Gasteiger partial charge in [0.05, 0.1) is 6.54 Å². The predicted octanol–water partition coefficient (Wildman–Crippen LogP) is 2.19. The number of aliphatic imine (C=N–C) groups is 1. The molecule has 1 heterocycles. The number of halogens is 1. The minimum atomic E-state index is -0.0581. The number of nitrogens with one attached hydrogen (secondary N) is 2. The molecule has 1 aromatic carbocycles. The molecule has 0 aliphatic carbocycles. The average Bonchev–Trinajstić information content (AvgIpc) is 3.01. The molecular weight excluding hydrogens is 429 g/mol.